The van der Waals surface area contributed by atoms with Crippen LogP contribution in [0.5, 0.6) is 0 Å². The summed E-state index contributed by atoms with van der Waals surface area (Å²) in [6.07, 6.45) is 0. The minimum absolute atomic E-state index is 0.202. The summed E-state index contributed by atoms with van der Waals surface area (Å²) in [6, 6.07) is 6.13. The molecule has 0 aliphatic carbocycles. The molecule has 0 fully saturated rings. The van der Waals surface area contributed by atoms with Gasteiger partial charge in [-0.1, -0.05) is 0 Å². The van der Waals surface area contributed by atoms with Gasteiger partial charge in [-0.15, -0.1) is 10.2 Å². The highest BCUT2D eigenvalue weighted by Gasteiger charge is 1.89. The van der Waals surface area contributed by atoms with E-state index in [1.807, 2.05) is 0 Å². The normalized spacial score (nSPS) is 10.3. The molecule has 0 aliphatic rings. The van der Waals surface area contributed by atoms with Gasteiger partial charge >= 0.3 is 0 Å². The first-order valence-corrected chi connectivity index (χ1v) is 4.61. The smallest absolute Gasteiger partial charge is 0.150 e. The molecule has 0 heterocycles. The fourth-order valence-corrected chi connectivity index (χ4v) is 0.617. The van der Waals surface area contributed by atoms with Gasteiger partial charge in [0.1, 0.15) is 5.82 Å². The minimum Gasteiger partial charge on any atom is -0.222 e. The molecule has 0 aliphatic heterocycles. The lowest BCUT2D eigenvalue weighted by molar-refractivity contribution is -2.00. The molecule has 1 aromatic carbocycles. The van der Waals surface area contributed by atoms with Crippen molar-refractivity contribution < 1.29 is 33.3 Å². The second-order valence-corrected chi connectivity index (χ2v) is 3.22. The van der Waals surface area contributed by atoms with Crippen LogP contribution >= 0.6 is 0 Å². The van der Waals surface area contributed by atoms with Crippen molar-refractivity contribution in [2.75, 3.05) is 0 Å². The topological polar surface area (TPSA) is 92.2 Å². The van der Waals surface area contributed by atoms with E-state index in [0.29, 0.717) is 0 Å². The lowest BCUT2D eigenvalue weighted by Gasteiger charge is -2.17. The summed E-state index contributed by atoms with van der Waals surface area (Å²) in [5, 5.41) is 0. The molecule has 0 N–H and O–H groups in total. The highest BCUT2D eigenvalue weighted by Crippen LogP contribution is 1.99. The predicted molar refractivity (Wildman–Crippen MR) is 34.8 cm³/mol. The SMILES string of the molecule is Fc1ccc([SH2+])cc1.[O-][Cl+3]([O-])([O-])[O-]. The predicted octanol–water partition coefficient (Wildman–Crippen LogP) is -3.56. The molecular formula is C6H6ClFO4S. The van der Waals surface area contributed by atoms with Crippen molar-refractivity contribution in [1.29, 1.82) is 0 Å². The van der Waals surface area contributed by atoms with Crippen LogP contribution in [0, 0.1) is 16.1 Å². The molecule has 0 saturated heterocycles. The Kier molecular flexibility index (Phi) is 5.23. The summed E-state index contributed by atoms with van der Waals surface area (Å²) >= 11 is 3.22. The summed E-state index contributed by atoms with van der Waals surface area (Å²) in [4.78, 5) is 0.895. The van der Waals surface area contributed by atoms with E-state index in [1.165, 1.54) is 12.1 Å². The van der Waals surface area contributed by atoms with Crippen molar-refractivity contribution in [1.82, 2.24) is 0 Å². The van der Waals surface area contributed by atoms with Crippen LogP contribution in [0.15, 0.2) is 29.2 Å². The van der Waals surface area contributed by atoms with E-state index in [2.05, 4.69) is 12.6 Å². The minimum atomic E-state index is -4.94. The van der Waals surface area contributed by atoms with Gasteiger partial charge in [0.2, 0.25) is 0 Å². The average molecular weight is 229 g/mol. The van der Waals surface area contributed by atoms with E-state index in [0.717, 1.165) is 4.90 Å². The van der Waals surface area contributed by atoms with Gasteiger partial charge in [-0.25, -0.2) is 23.0 Å². The van der Waals surface area contributed by atoms with E-state index in [-0.39, 0.29) is 5.82 Å². The summed E-state index contributed by atoms with van der Waals surface area (Å²) < 4.78 is 46.0. The van der Waals surface area contributed by atoms with Gasteiger partial charge in [-0.2, -0.15) is 0 Å². The van der Waals surface area contributed by atoms with Crippen molar-refractivity contribution in [3.8, 4) is 0 Å². The third-order valence-electron chi connectivity index (χ3n) is 0.844. The lowest BCUT2D eigenvalue weighted by atomic mass is 10.4. The summed E-state index contributed by atoms with van der Waals surface area (Å²) in [5.41, 5.74) is 0. The standard InChI is InChI=1S/C6H5FS.ClHO4/c7-5-1-3-6(8)4-2-5;2-1(3,4)5/h1-4,8H;(H,2,3,4,5). The first-order chi connectivity index (χ1) is 5.79. The Labute approximate surface area is 81.4 Å². The molecule has 4 nitrogen and oxygen atoms in total. The molecule has 0 unspecified atom stereocenters. The maximum Gasteiger partial charge on any atom is 0.150 e. The highest BCUT2D eigenvalue weighted by molar-refractivity contribution is 7.58. The zero-order chi connectivity index (χ0) is 10.5. The number of hydrogen-bond donors (Lipinski definition) is 0. The Morgan fingerprint density at radius 1 is 1.00 bits per heavy atom. The first kappa shape index (κ1) is 12.6. The molecule has 0 spiro atoms. The van der Waals surface area contributed by atoms with Gasteiger partial charge in [0.25, 0.3) is 0 Å². The quantitative estimate of drug-likeness (QED) is 0.430. The molecule has 0 radical (unpaired) electrons. The molecule has 7 heteroatoms. The van der Waals surface area contributed by atoms with Gasteiger partial charge in [0, 0.05) is 0 Å². The Balaban J connectivity index is 0.000000252. The molecular weight excluding hydrogens is 223 g/mol. The van der Waals surface area contributed by atoms with E-state index >= 15 is 0 Å². The zero-order valence-corrected chi connectivity index (χ0v) is 7.95. The fourth-order valence-electron chi connectivity index (χ4n) is 0.450. The Bertz CT molecular complexity index is 221. The number of halogens is 2. The van der Waals surface area contributed by atoms with Crippen LogP contribution in [0.1, 0.15) is 0 Å². The molecule has 0 amide bonds. The Morgan fingerprint density at radius 3 is 1.54 bits per heavy atom. The maximum atomic E-state index is 12.1. The van der Waals surface area contributed by atoms with Crippen molar-refractivity contribution in [2.24, 2.45) is 0 Å². The molecule has 0 saturated carbocycles. The van der Waals surface area contributed by atoms with Crippen LogP contribution in [0.2, 0.25) is 0 Å². The summed E-state index contributed by atoms with van der Waals surface area (Å²) in [5.74, 6) is -0.202. The van der Waals surface area contributed by atoms with Gasteiger partial charge in [0.05, 0.1) is 0 Å². The third-order valence-corrected chi connectivity index (χ3v) is 1.18. The molecule has 13 heavy (non-hydrogen) atoms. The van der Waals surface area contributed by atoms with Crippen molar-refractivity contribution in [2.45, 2.75) is 4.90 Å². The van der Waals surface area contributed by atoms with Gasteiger partial charge < -0.3 is 0 Å². The van der Waals surface area contributed by atoms with Crippen LogP contribution in [-0.2, 0) is 12.6 Å². The van der Waals surface area contributed by atoms with Crippen molar-refractivity contribution in [3.05, 3.63) is 30.1 Å². The summed E-state index contributed by atoms with van der Waals surface area (Å²) in [6.45, 7) is 0. The highest BCUT2D eigenvalue weighted by atomic mass is 35.7. The zero-order valence-electron chi connectivity index (χ0n) is 6.20. The number of rotatable bonds is 0. The molecule has 0 aromatic heterocycles. The number of benzene rings is 1. The molecule has 0 bridgehead atoms. The average Bonchev–Trinajstić information content (AvgIpc) is 1.92. The lowest BCUT2D eigenvalue weighted by Crippen LogP contribution is -2.68. The fraction of sp³-hybridized carbons (Fsp3) is 0. The monoisotopic (exact) mass is 228 g/mol. The second kappa shape index (κ2) is 5.38. The van der Waals surface area contributed by atoms with E-state index in [4.69, 9.17) is 18.6 Å². The van der Waals surface area contributed by atoms with E-state index in [1.54, 1.807) is 12.1 Å². The van der Waals surface area contributed by atoms with Crippen molar-refractivity contribution in [3.63, 3.8) is 0 Å². The van der Waals surface area contributed by atoms with Crippen LogP contribution in [0.25, 0.3) is 0 Å². The van der Waals surface area contributed by atoms with Gasteiger partial charge in [-0.3, -0.25) is 0 Å². The molecule has 74 valence electrons. The third kappa shape index (κ3) is 11.6. The van der Waals surface area contributed by atoms with Crippen molar-refractivity contribution >= 4 is 12.6 Å². The molecule has 1 rings (SSSR count). The number of hydrogen-bond acceptors (Lipinski definition) is 4. The molecule has 1 aromatic rings. The van der Waals surface area contributed by atoms with Gasteiger partial charge in [-0.05, 0) is 36.9 Å². The van der Waals surface area contributed by atoms with Crippen LogP contribution in [0.4, 0.5) is 4.39 Å². The maximum absolute atomic E-state index is 12.1. The molecule has 0 atom stereocenters. The largest absolute Gasteiger partial charge is 0.222 e. The second-order valence-electron chi connectivity index (χ2n) is 1.88. The summed E-state index contributed by atoms with van der Waals surface area (Å²) in [7, 11) is -4.94. The van der Waals surface area contributed by atoms with Crippen LogP contribution < -0.4 is 18.6 Å². The Morgan fingerprint density at radius 2 is 1.31 bits per heavy atom. The van der Waals surface area contributed by atoms with Gasteiger partial charge in [0.15, 0.2) is 4.90 Å². The first-order valence-electron chi connectivity index (χ1n) is 2.88. The van der Waals surface area contributed by atoms with Crippen LogP contribution in [-0.4, -0.2) is 0 Å². The van der Waals surface area contributed by atoms with Crippen LogP contribution in [0.3, 0.4) is 0 Å². The Hall–Kier alpha value is -0.370. The van der Waals surface area contributed by atoms with E-state index < -0.39 is 10.2 Å². The van der Waals surface area contributed by atoms with E-state index in [9.17, 15) is 4.39 Å².